The molecule has 0 aromatic heterocycles. The number of hydrogen-bond donors (Lipinski definition) is 2. The van der Waals surface area contributed by atoms with Crippen molar-refractivity contribution in [1.82, 2.24) is 4.90 Å². The number of rotatable bonds is 59. The molecule has 1 N–H and O–H groups in total. The zero-order valence-corrected chi connectivity index (χ0v) is 54.9. The molecule has 0 rings (SSSR count). The van der Waals surface area contributed by atoms with Crippen LogP contribution in [0.2, 0.25) is 0 Å². The van der Waals surface area contributed by atoms with Crippen molar-refractivity contribution < 1.29 is 39.3 Å². The zero-order valence-electron chi connectivity index (χ0n) is 51.8. The fourth-order valence-electron chi connectivity index (χ4n) is 10.2. The van der Waals surface area contributed by atoms with Crippen LogP contribution in [0.4, 0.5) is 0 Å². The number of nitrogens with zero attached hydrogens (tertiary/aromatic N) is 2. The number of aliphatic hydroxyl groups is 1. The van der Waals surface area contributed by atoms with Gasteiger partial charge in [0.2, 0.25) is 0 Å². The SMILES string of the molecule is C#C.CC.CCCCCCCCCCCCCCCC(N=O)C(CO)N(CCCCCCO[I-]C(CCCCCC)CCCCCCCC)CCCCCCOC(=O)C(CCCCCC)CCCCCCCC.CS. The van der Waals surface area contributed by atoms with E-state index in [1.807, 2.05) is 13.8 Å². The Morgan fingerprint density at radius 1 is 0.467 bits per heavy atom. The average Bonchev–Trinajstić information content (AvgIpc) is 3.44. The smallest absolute Gasteiger partial charge is 0.465 e. The molecule has 4 atom stereocenters. The molecule has 0 saturated carbocycles. The van der Waals surface area contributed by atoms with Gasteiger partial charge < -0.3 is 4.74 Å². The maximum atomic E-state index is 13.2. The topological polar surface area (TPSA) is 88.4 Å². The van der Waals surface area contributed by atoms with Crippen LogP contribution in [-0.2, 0) is 12.6 Å². The third-order valence-electron chi connectivity index (χ3n) is 14.9. The molecule has 0 amide bonds. The molecule has 0 fully saturated rings. The van der Waals surface area contributed by atoms with Gasteiger partial charge in [0, 0.05) is 0 Å². The minimum absolute atomic E-state index is 0.0149. The van der Waals surface area contributed by atoms with Crippen LogP contribution >= 0.6 is 12.6 Å². The molecular weight excluding hydrogens is 1060 g/mol. The predicted octanol–water partition coefficient (Wildman–Crippen LogP) is 18.2. The molecule has 75 heavy (non-hydrogen) atoms. The van der Waals surface area contributed by atoms with E-state index >= 15 is 0 Å². The summed E-state index contributed by atoms with van der Waals surface area (Å²) < 4.78 is 13.2. The molecule has 0 spiro atoms. The second-order valence-electron chi connectivity index (χ2n) is 21.5. The van der Waals surface area contributed by atoms with Crippen molar-refractivity contribution in [2.24, 2.45) is 11.1 Å². The van der Waals surface area contributed by atoms with Crippen molar-refractivity contribution in [3.05, 3.63) is 4.91 Å². The van der Waals surface area contributed by atoms with E-state index < -0.39 is 0 Å². The fourth-order valence-corrected chi connectivity index (χ4v) is 12.6. The number of halogens is 1. The number of ether oxygens (including phenoxy) is 1. The van der Waals surface area contributed by atoms with Crippen LogP contribution in [0.3, 0.4) is 0 Å². The summed E-state index contributed by atoms with van der Waals surface area (Å²) >= 11 is 3.33. The maximum absolute atomic E-state index is 13.2. The molecule has 7 nitrogen and oxygen atoms in total. The molecule has 0 heterocycles. The Bertz CT molecular complexity index is 1070. The predicted molar refractivity (Wildman–Crippen MR) is 333 cm³/mol. The minimum Gasteiger partial charge on any atom is -0.465 e. The third kappa shape index (κ3) is 59.5. The van der Waals surface area contributed by atoms with E-state index in [4.69, 9.17) is 7.80 Å². The van der Waals surface area contributed by atoms with Crippen molar-refractivity contribution in [1.29, 1.82) is 0 Å². The van der Waals surface area contributed by atoms with E-state index in [1.165, 1.54) is 205 Å². The molecule has 4 unspecified atom stereocenters. The molecule has 0 aliphatic carbocycles. The molecule has 0 aliphatic rings. The van der Waals surface area contributed by atoms with Crippen LogP contribution in [0.5, 0.6) is 0 Å². The number of nitroso groups, excluding NO2 is 1. The van der Waals surface area contributed by atoms with Gasteiger partial charge in [-0.1, -0.05) is 176 Å². The van der Waals surface area contributed by atoms with Crippen molar-refractivity contribution in [2.75, 3.05) is 39.2 Å². The number of aliphatic hydroxyl groups excluding tert-OH is 1. The first kappa shape index (κ1) is 81.1. The first-order valence-electron chi connectivity index (χ1n) is 32.9. The first-order valence-corrected chi connectivity index (χ1v) is 35.9. The van der Waals surface area contributed by atoms with Crippen molar-refractivity contribution in [2.45, 2.75) is 360 Å². The Kier molecular flexibility index (Phi) is 79.5. The first-order chi connectivity index (χ1) is 37.0. The van der Waals surface area contributed by atoms with Gasteiger partial charge in [-0.2, -0.15) is 12.6 Å². The van der Waals surface area contributed by atoms with Crippen molar-refractivity contribution in [3.8, 4) is 12.8 Å². The molecule has 0 aromatic rings. The number of hydrogen-bond acceptors (Lipinski definition) is 8. The zero-order chi connectivity index (χ0) is 56.4. The van der Waals surface area contributed by atoms with Gasteiger partial charge in [-0.25, -0.2) is 0 Å². The van der Waals surface area contributed by atoms with Gasteiger partial charge in [-0.15, -0.1) is 12.8 Å². The molecule has 0 aromatic carbocycles. The second kappa shape index (κ2) is 73.6. The molecule has 452 valence electrons. The summed E-state index contributed by atoms with van der Waals surface area (Å²) in [5.74, 6) is 0.0916. The average molecular weight is 1190 g/mol. The van der Waals surface area contributed by atoms with Gasteiger partial charge in [0.25, 0.3) is 0 Å². The van der Waals surface area contributed by atoms with E-state index in [9.17, 15) is 14.8 Å². The van der Waals surface area contributed by atoms with Gasteiger partial charge in [0.1, 0.15) is 0 Å². The van der Waals surface area contributed by atoms with Crippen LogP contribution in [0.15, 0.2) is 5.18 Å². The molecule has 0 radical (unpaired) electrons. The van der Waals surface area contributed by atoms with E-state index in [-0.39, 0.29) is 52.2 Å². The van der Waals surface area contributed by atoms with E-state index in [0.29, 0.717) is 6.61 Å². The monoisotopic (exact) mass is 1190 g/mol. The quantitative estimate of drug-likeness (QED) is 0.0120. The van der Waals surface area contributed by atoms with E-state index in [2.05, 4.69) is 70.2 Å². The summed E-state index contributed by atoms with van der Waals surface area (Å²) in [6.07, 6.45) is 66.7. The number of thiol groups is 1. The Labute approximate surface area is 487 Å². The Morgan fingerprint density at radius 2 is 0.773 bits per heavy atom. The van der Waals surface area contributed by atoms with E-state index in [1.54, 1.807) is 6.26 Å². The summed E-state index contributed by atoms with van der Waals surface area (Å²) in [6.45, 7) is 18.6. The number of terminal acetylenes is 1. The number of alkyl halides is 1. The molecular formula is C66H134IN2O5S-. The number of carbonyl (C=O) groups excluding carboxylic acids is 1. The molecule has 0 saturated heterocycles. The summed E-state index contributed by atoms with van der Waals surface area (Å²) in [7, 11) is 0. The van der Waals surface area contributed by atoms with Gasteiger partial charge >= 0.3 is 242 Å². The van der Waals surface area contributed by atoms with Crippen LogP contribution in [-0.4, -0.2) is 71.1 Å². The Balaban J connectivity index is -0.00000404. The normalized spacial score (nSPS) is 12.7. The van der Waals surface area contributed by atoms with Gasteiger partial charge in [-0.05, 0) is 25.5 Å². The molecule has 0 bridgehead atoms. The molecule has 0 aliphatic heterocycles. The van der Waals surface area contributed by atoms with Crippen LogP contribution in [0, 0.1) is 23.7 Å². The summed E-state index contributed by atoms with van der Waals surface area (Å²) in [4.78, 5) is 28.0. The van der Waals surface area contributed by atoms with Crippen LogP contribution in [0.1, 0.15) is 344 Å². The summed E-state index contributed by atoms with van der Waals surface area (Å²) in [5, 5.41) is 14.5. The van der Waals surface area contributed by atoms with Gasteiger partial charge in [0.15, 0.2) is 0 Å². The number of esters is 1. The van der Waals surface area contributed by atoms with Crippen LogP contribution in [0.25, 0.3) is 0 Å². The second-order valence-corrected chi connectivity index (χ2v) is 24.4. The molecule has 9 heteroatoms. The summed E-state index contributed by atoms with van der Waals surface area (Å²) in [5.41, 5.74) is 0. The standard InChI is InChI=1S/C61H122IN2O5.C2H6.C2H2.CH4S/c1-6-11-16-21-24-25-26-27-28-29-30-33-42-51-59(63-67)60(56-65)64(53-44-35-37-46-55-69-62-58(49-40-20-15-10-5)50-41-32-23-18-13-8-3)52-43-34-36-45-54-68-61(66)57(47-38-19-14-9-4)48-39-31-22-17-12-7-2;3*1-2/h57-60,65H,6-56H2,1-5H3;1-2H3;1-2H;2H,1H3/q-1;;;. The summed E-state index contributed by atoms with van der Waals surface area (Å²) in [6, 6.07) is -0.576. The fraction of sp³-hybridized carbons (Fsp3) is 0.955. The van der Waals surface area contributed by atoms with Crippen molar-refractivity contribution >= 4 is 18.6 Å². The Morgan fingerprint density at radius 3 is 1.15 bits per heavy atom. The number of carbonyl (C=O) groups is 1. The van der Waals surface area contributed by atoms with Gasteiger partial charge in [0.05, 0.1) is 12.5 Å². The minimum atomic E-state index is -0.364. The third-order valence-corrected chi connectivity index (χ3v) is 17.7. The van der Waals surface area contributed by atoms with E-state index in [0.717, 1.165) is 114 Å². The Hall–Kier alpha value is -0.410. The number of unbranched alkanes of at least 4 members (excludes halogenated alkanes) is 34. The van der Waals surface area contributed by atoms with Crippen LogP contribution < -0.4 is 21.6 Å². The van der Waals surface area contributed by atoms with Gasteiger partial charge in [-0.3, -0.25) is 4.79 Å². The van der Waals surface area contributed by atoms with Crippen molar-refractivity contribution in [3.63, 3.8) is 0 Å².